The molecule has 62 heavy (non-hydrogen) atoms. The highest BCUT2D eigenvalue weighted by Crippen LogP contribution is 2.36. The molecule has 8 N–H and O–H groups in total. The Morgan fingerprint density at radius 1 is 0.484 bits per heavy atom. The third-order valence-electron chi connectivity index (χ3n) is 8.92. The van der Waals surface area contributed by atoms with Crippen molar-refractivity contribution < 1.29 is 97.4 Å². The molecule has 0 heterocycles. The molecule has 2 aromatic rings. The fourth-order valence-corrected chi connectivity index (χ4v) is 5.89. The number of nitrogens with one attached hydrogen (secondary N) is 2. The molecule has 22 heteroatoms. The molecule has 0 saturated carbocycles. The highest BCUT2D eigenvalue weighted by molar-refractivity contribution is 6.31. The van der Waals surface area contributed by atoms with Crippen LogP contribution in [0.2, 0.25) is 0 Å². The quantitative estimate of drug-likeness (QED) is 0.0314. The summed E-state index contributed by atoms with van der Waals surface area (Å²) < 4.78 is 31.3. The summed E-state index contributed by atoms with van der Waals surface area (Å²) in [7, 11) is 0. The number of aliphatic hydroxyl groups is 2. The molecule has 2 atom stereocenters. The predicted octanol–water partition coefficient (Wildman–Crippen LogP) is 0.580. The maximum Gasteiger partial charge on any atom is 0.336 e. The Hall–Kier alpha value is -6.04. The van der Waals surface area contributed by atoms with E-state index >= 15 is 0 Å². The van der Waals surface area contributed by atoms with Crippen molar-refractivity contribution in [2.45, 2.75) is 49.7 Å². The molecule has 1 aliphatic rings. The molecule has 0 fully saturated rings. The Labute approximate surface area is 354 Å². The van der Waals surface area contributed by atoms with Gasteiger partial charge in [0.25, 0.3) is 0 Å². The van der Waals surface area contributed by atoms with Crippen LogP contribution < -0.4 is 10.6 Å². The van der Waals surface area contributed by atoms with Gasteiger partial charge in [0.05, 0.1) is 76.5 Å². The smallest absolute Gasteiger partial charge is 0.336 e. The zero-order chi connectivity index (χ0) is 45.7. The first kappa shape index (κ1) is 50.3. The molecule has 0 aromatic heterocycles. The predicted molar refractivity (Wildman–Crippen MR) is 210 cm³/mol. The second-order valence-corrected chi connectivity index (χ2v) is 13.7. The number of rotatable bonds is 32. The molecule has 340 valence electrons. The van der Waals surface area contributed by atoms with Crippen molar-refractivity contribution >= 4 is 58.8 Å². The third-order valence-corrected chi connectivity index (χ3v) is 8.92. The van der Waals surface area contributed by atoms with Gasteiger partial charge in [0.1, 0.15) is 13.2 Å². The highest BCUT2D eigenvalue weighted by Gasteiger charge is 2.42. The minimum Gasteiger partial charge on any atom is -0.481 e. The van der Waals surface area contributed by atoms with E-state index in [-0.39, 0.29) is 86.7 Å². The Kier molecular flexibility index (Phi) is 20.3. The average Bonchev–Trinajstić information content (AvgIpc) is 3.20. The minimum absolute atomic E-state index is 0.0584. The van der Waals surface area contributed by atoms with Crippen molar-refractivity contribution in [1.29, 1.82) is 0 Å². The van der Waals surface area contributed by atoms with E-state index in [0.717, 1.165) is 0 Å². The highest BCUT2D eigenvalue weighted by atomic mass is 16.6. The van der Waals surface area contributed by atoms with E-state index in [2.05, 4.69) is 10.6 Å². The van der Waals surface area contributed by atoms with Crippen molar-refractivity contribution in [1.82, 2.24) is 0 Å². The van der Waals surface area contributed by atoms with Gasteiger partial charge in [-0.25, -0.2) is 9.59 Å². The molecule has 0 bridgehead atoms. The molecule has 0 saturated heterocycles. The Balaban J connectivity index is 1.36. The van der Waals surface area contributed by atoms with Gasteiger partial charge in [0.2, 0.25) is 0 Å². The molecule has 0 radical (unpaired) electrons. The van der Waals surface area contributed by atoms with Gasteiger partial charge in [-0.15, -0.1) is 0 Å². The van der Waals surface area contributed by atoms with Crippen LogP contribution in [0.3, 0.4) is 0 Å². The van der Waals surface area contributed by atoms with Gasteiger partial charge in [-0.3, -0.25) is 28.8 Å². The van der Waals surface area contributed by atoms with E-state index in [1.54, 1.807) is 36.4 Å². The summed E-state index contributed by atoms with van der Waals surface area (Å²) in [6, 6.07) is 9.99. The van der Waals surface area contributed by atoms with Crippen molar-refractivity contribution in [3.63, 3.8) is 0 Å². The summed E-state index contributed by atoms with van der Waals surface area (Å²) >= 11 is 0. The lowest BCUT2D eigenvalue weighted by Crippen LogP contribution is -2.43. The molecule has 1 aliphatic carbocycles. The number of hydrogen-bond acceptors (Lipinski definition) is 18. The van der Waals surface area contributed by atoms with Crippen molar-refractivity contribution in [2.75, 3.05) is 89.8 Å². The number of benzene rings is 2. The largest absolute Gasteiger partial charge is 0.481 e. The van der Waals surface area contributed by atoms with Crippen LogP contribution in [0.5, 0.6) is 0 Å². The van der Waals surface area contributed by atoms with Gasteiger partial charge in [0.15, 0.2) is 22.8 Å². The number of carboxylic acids is 4. The van der Waals surface area contributed by atoms with E-state index in [9.17, 15) is 48.6 Å². The van der Waals surface area contributed by atoms with Gasteiger partial charge in [-0.2, -0.15) is 0 Å². The minimum atomic E-state index is -2.79. The number of esters is 2. The average molecular weight is 879 g/mol. The van der Waals surface area contributed by atoms with Crippen molar-refractivity contribution in [2.24, 2.45) is 0 Å². The fraction of sp³-hybridized carbons (Fsp3) is 0.500. The standard InChI is InChI=1S/C40H50N2O20/c43-29(44)21-39(55,37(51)52)23-31(47)61-19-17-59-15-13-57-11-3-9-41-27-7-8-28(34-33(27)35(49)25-5-1-2-6-26(25)36(34)50)42-10-4-12-58-14-16-60-18-20-62-32(48)24-40(56,38(53)54)22-30(45)46/h1-2,5-8,41-42,55-56H,3-4,9-24H2,(H,43,44)(H,45,46)(H,51,52)(H,53,54). The lowest BCUT2D eigenvalue weighted by molar-refractivity contribution is -0.172. The van der Waals surface area contributed by atoms with Gasteiger partial charge >= 0.3 is 35.8 Å². The first-order valence-electron chi connectivity index (χ1n) is 19.3. The first-order chi connectivity index (χ1) is 29.5. The maximum absolute atomic E-state index is 13.7. The number of anilines is 2. The van der Waals surface area contributed by atoms with E-state index in [1.807, 2.05) is 0 Å². The number of carbonyl (C=O) groups is 8. The molecule has 0 amide bonds. The number of aliphatic carboxylic acids is 4. The van der Waals surface area contributed by atoms with E-state index in [4.69, 9.17) is 48.8 Å². The van der Waals surface area contributed by atoms with E-state index in [1.165, 1.54) is 0 Å². The van der Waals surface area contributed by atoms with E-state index in [0.29, 0.717) is 50.5 Å². The SMILES string of the molecule is O=C(O)CC(O)(CC(=O)OCCOCCOCCCNc1ccc(NCCCOCCOCCOC(=O)CC(O)(CC(=O)O)C(=O)O)c2c1C(=O)c1ccccc1C2=O)C(=O)O. The second-order valence-electron chi connectivity index (χ2n) is 13.7. The van der Waals surface area contributed by atoms with Crippen LogP contribution in [0.1, 0.15) is 70.4 Å². The molecule has 3 rings (SSSR count). The third kappa shape index (κ3) is 15.8. The van der Waals surface area contributed by atoms with Gasteiger partial charge in [-0.05, 0) is 25.0 Å². The first-order valence-corrected chi connectivity index (χ1v) is 19.3. The number of hydrogen-bond donors (Lipinski definition) is 8. The number of carboxylic acid groups (broad SMARTS) is 4. The summed E-state index contributed by atoms with van der Waals surface area (Å²) in [5.41, 5.74) is -3.59. The zero-order valence-electron chi connectivity index (χ0n) is 33.6. The van der Waals surface area contributed by atoms with Crippen molar-refractivity contribution in [3.8, 4) is 0 Å². The Morgan fingerprint density at radius 3 is 1.16 bits per heavy atom. The molecule has 0 spiro atoms. The molecule has 0 aliphatic heterocycles. The topological polar surface area (TPSA) is 337 Å². The van der Waals surface area contributed by atoms with E-state index < -0.39 is 72.7 Å². The van der Waals surface area contributed by atoms with Crippen LogP contribution in [-0.2, 0) is 57.2 Å². The van der Waals surface area contributed by atoms with Crippen LogP contribution in [0.15, 0.2) is 36.4 Å². The lowest BCUT2D eigenvalue weighted by atomic mass is 9.82. The molecule has 22 nitrogen and oxygen atoms in total. The molecule has 2 unspecified atom stereocenters. The summed E-state index contributed by atoms with van der Waals surface area (Å²) in [6.07, 6.45) is -3.40. The Morgan fingerprint density at radius 2 is 0.823 bits per heavy atom. The summed E-state index contributed by atoms with van der Waals surface area (Å²) in [5.74, 6) is -9.74. The summed E-state index contributed by atoms with van der Waals surface area (Å²) in [6.45, 7) is 1.41. The summed E-state index contributed by atoms with van der Waals surface area (Å²) in [5, 5.41) is 61.8. The maximum atomic E-state index is 13.7. The number of ketones is 2. The fourth-order valence-electron chi connectivity index (χ4n) is 5.89. The normalized spacial score (nSPS) is 13.8. The second kappa shape index (κ2) is 25.0. The van der Waals surface area contributed by atoms with Crippen LogP contribution in [0.25, 0.3) is 0 Å². The van der Waals surface area contributed by atoms with Gasteiger partial charge < -0.3 is 69.7 Å². The number of carbonyl (C=O) groups excluding carboxylic acids is 4. The van der Waals surface area contributed by atoms with Crippen LogP contribution in [0, 0.1) is 0 Å². The van der Waals surface area contributed by atoms with Crippen LogP contribution in [0.4, 0.5) is 11.4 Å². The zero-order valence-corrected chi connectivity index (χ0v) is 33.6. The molecule has 2 aromatic carbocycles. The van der Waals surface area contributed by atoms with Crippen LogP contribution in [-0.4, -0.2) is 168 Å². The monoisotopic (exact) mass is 878 g/mol. The number of fused-ring (bicyclic) bond motifs is 2. The number of ether oxygens (including phenoxy) is 6. The van der Waals surface area contributed by atoms with Gasteiger partial charge in [0, 0.05) is 48.8 Å². The molecular formula is C40H50N2O20. The molecular weight excluding hydrogens is 828 g/mol. The van der Waals surface area contributed by atoms with Gasteiger partial charge in [-0.1, -0.05) is 24.3 Å². The van der Waals surface area contributed by atoms with Crippen molar-refractivity contribution in [3.05, 3.63) is 58.7 Å². The van der Waals surface area contributed by atoms with Crippen LogP contribution >= 0.6 is 0 Å². The summed E-state index contributed by atoms with van der Waals surface area (Å²) in [4.78, 5) is 95.0. The lowest BCUT2D eigenvalue weighted by Gasteiger charge is -2.24. The Bertz CT molecular complexity index is 1790.